The van der Waals surface area contributed by atoms with Crippen LogP contribution in [0.3, 0.4) is 0 Å². The predicted octanol–water partition coefficient (Wildman–Crippen LogP) is 2.98. The second-order valence-electron chi connectivity index (χ2n) is 2.28. The Kier molecular flexibility index (Phi) is 2.84. The number of aliphatic imine (C=N–C) groups is 1. The molecule has 1 aliphatic heterocycles. The first-order valence-corrected chi connectivity index (χ1v) is 4.34. The fourth-order valence-electron chi connectivity index (χ4n) is 0.929. The van der Waals surface area contributed by atoms with Crippen molar-refractivity contribution in [2.75, 3.05) is 6.54 Å². The zero-order valence-electron chi connectivity index (χ0n) is 5.41. The smallest absolute Gasteiger partial charge is 0.228 e. The summed E-state index contributed by atoms with van der Waals surface area (Å²) in [6, 6.07) is 0. The third-order valence-electron chi connectivity index (χ3n) is 1.45. The second kappa shape index (κ2) is 3.29. The first-order chi connectivity index (χ1) is 4.61. The molecule has 0 N–H and O–H groups in total. The van der Waals surface area contributed by atoms with Gasteiger partial charge in [0.25, 0.3) is 0 Å². The van der Waals surface area contributed by atoms with Gasteiger partial charge < -0.3 is 0 Å². The highest BCUT2D eigenvalue weighted by atomic mass is 35.6. The summed E-state index contributed by atoms with van der Waals surface area (Å²) in [4.78, 5) is 4.12. The Balaban J connectivity index is 2.62. The monoisotopic (exact) mass is 199 g/mol. The Morgan fingerprint density at radius 2 is 1.90 bits per heavy atom. The fourth-order valence-corrected chi connectivity index (χ4v) is 1.39. The maximum atomic E-state index is 5.61. The number of halogens is 3. The molecule has 1 aliphatic rings. The molecule has 0 aliphatic carbocycles. The third kappa shape index (κ3) is 2.30. The van der Waals surface area contributed by atoms with Crippen LogP contribution < -0.4 is 0 Å². The summed E-state index contributed by atoms with van der Waals surface area (Å²) in [6.45, 7) is 0.809. The Morgan fingerprint density at radius 3 is 2.20 bits per heavy atom. The number of nitrogens with zero attached hydrogens (tertiary/aromatic N) is 1. The summed E-state index contributed by atoms with van der Waals surface area (Å²) in [5, 5.41) is 0. The van der Waals surface area contributed by atoms with Crippen LogP contribution in [0.4, 0.5) is 0 Å². The zero-order chi connectivity index (χ0) is 7.61. The van der Waals surface area contributed by atoms with Gasteiger partial charge in [-0.2, -0.15) is 0 Å². The molecule has 0 spiro atoms. The van der Waals surface area contributed by atoms with Gasteiger partial charge in [-0.05, 0) is 19.3 Å². The Bertz CT molecular complexity index is 148. The highest BCUT2D eigenvalue weighted by Gasteiger charge is 2.27. The summed E-state index contributed by atoms with van der Waals surface area (Å²) in [6.07, 6.45) is 3.04. The predicted molar refractivity (Wildman–Crippen MR) is 46.4 cm³/mol. The molecule has 1 rings (SSSR count). The Labute approximate surface area is 75.4 Å². The number of rotatable bonds is 0. The van der Waals surface area contributed by atoms with Crippen LogP contribution in [0.5, 0.6) is 0 Å². The van der Waals surface area contributed by atoms with E-state index in [9.17, 15) is 0 Å². The Hall–Kier alpha value is 0.540. The Morgan fingerprint density at radius 1 is 1.20 bits per heavy atom. The van der Waals surface area contributed by atoms with Gasteiger partial charge in [-0.25, -0.2) is 0 Å². The molecule has 1 nitrogen and oxygen atoms in total. The molecule has 0 aromatic carbocycles. The highest BCUT2D eigenvalue weighted by Crippen LogP contribution is 2.31. The standard InChI is InChI=1S/C6H8Cl3N/c7-6(8,9)5-3-1-2-4-10-5/h1-4H2. The molecule has 0 radical (unpaired) electrons. The first-order valence-electron chi connectivity index (χ1n) is 3.21. The van der Waals surface area contributed by atoms with E-state index < -0.39 is 3.79 Å². The van der Waals surface area contributed by atoms with Crippen LogP contribution in [-0.2, 0) is 0 Å². The van der Waals surface area contributed by atoms with Gasteiger partial charge in [-0.15, -0.1) is 0 Å². The van der Waals surface area contributed by atoms with E-state index >= 15 is 0 Å². The lowest BCUT2D eigenvalue weighted by Gasteiger charge is -2.17. The zero-order valence-corrected chi connectivity index (χ0v) is 7.68. The quantitative estimate of drug-likeness (QED) is 0.533. The molecular formula is C6H8Cl3N. The summed E-state index contributed by atoms with van der Waals surface area (Å²) in [5.41, 5.74) is 0.712. The van der Waals surface area contributed by atoms with E-state index in [-0.39, 0.29) is 0 Å². The molecule has 0 aromatic heterocycles. The van der Waals surface area contributed by atoms with Gasteiger partial charge >= 0.3 is 0 Å². The van der Waals surface area contributed by atoms with Crippen molar-refractivity contribution < 1.29 is 0 Å². The normalized spacial score (nSPS) is 20.5. The van der Waals surface area contributed by atoms with E-state index in [4.69, 9.17) is 34.8 Å². The van der Waals surface area contributed by atoms with Crippen molar-refractivity contribution in [1.82, 2.24) is 0 Å². The number of alkyl halides is 3. The van der Waals surface area contributed by atoms with Crippen LogP contribution in [0.1, 0.15) is 19.3 Å². The van der Waals surface area contributed by atoms with Crippen molar-refractivity contribution in [3.63, 3.8) is 0 Å². The van der Waals surface area contributed by atoms with Crippen LogP contribution in [0.15, 0.2) is 4.99 Å². The minimum atomic E-state index is -1.26. The third-order valence-corrected chi connectivity index (χ3v) is 2.11. The molecule has 0 atom stereocenters. The molecule has 10 heavy (non-hydrogen) atoms. The van der Waals surface area contributed by atoms with Gasteiger partial charge in [-0.1, -0.05) is 34.8 Å². The van der Waals surface area contributed by atoms with Crippen molar-refractivity contribution in [2.24, 2.45) is 4.99 Å². The van der Waals surface area contributed by atoms with Crippen LogP contribution >= 0.6 is 34.8 Å². The van der Waals surface area contributed by atoms with Gasteiger partial charge in [0, 0.05) is 6.54 Å². The summed E-state index contributed by atoms with van der Waals surface area (Å²) in [5.74, 6) is 0. The molecule has 1 heterocycles. The van der Waals surface area contributed by atoms with E-state index in [1.165, 1.54) is 0 Å². The lowest BCUT2D eigenvalue weighted by Crippen LogP contribution is -2.21. The largest absolute Gasteiger partial charge is 0.290 e. The second-order valence-corrected chi connectivity index (χ2v) is 4.56. The van der Waals surface area contributed by atoms with Crippen molar-refractivity contribution in [3.05, 3.63) is 0 Å². The lowest BCUT2D eigenvalue weighted by atomic mass is 10.1. The summed E-state index contributed by atoms with van der Waals surface area (Å²) >= 11 is 16.8. The molecule has 58 valence electrons. The summed E-state index contributed by atoms with van der Waals surface area (Å²) in [7, 11) is 0. The molecule has 0 bridgehead atoms. The molecular weight excluding hydrogens is 192 g/mol. The molecule has 0 fully saturated rings. The van der Waals surface area contributed by atoms with Gasteiger partial charge in [0.15, 0.2) is 0 Å². The highest BCUT2D eigenvalue weighted by molar-refractivity contribution is 6.76. The van der Waals surface area contributed by atoms with Crippen LogP contribution in [0.25, 0.3) is 0 Å². The number of hydrogen-bond acceptors (Lipinski definition) is 1. The maximum Gasteiger partial charge on any atom is 0.228 e. The average molecular weight is 200 g/mol. The lowest BCUT2D eigenvalue weighted by molar-refractivity contribution is 0.732. The van der Waals surface area contributed by atoms with Crippen molar-refractivity contribution in [2.45, 2.75) is 23.1 Å². The van der Waals surface area contributed by atoms with Crippen LogP contribution in [0.2, 0.25) is 0 Å². The molecule has 4 heteroatoms. The van der Waals surface area contributed by atoms with E-state index in [0.717, 1.165) is 25.8 Å². The van der Waals surface area contributed by atoms with E-state index in [0.29, 0.717) is 5.71 Å². The topological polar surface area (TPSA) is 12.4 Å². The van der Waals surface area contributed by atoms with Gasteiger partial charge in [0.1, 0.15) is 0 Å². The fraction of sp³-hybridized carbons (Fsp3) is 0.833. The molecule has 0 unspecified atom stereocenters. The summed E-state index contributed by atoms with van der Waals surface area (Å²) < 4.78 is -1.26. The minimum absolute atomic E-state index is 0.712. The molecule has 0 saturated carbocycles. The maximum absolute atomic E-state index is 5.61. The first kappa shape index (κ1) is 8.63. The van der Waals surface area contributed by atoms with E-state index in [1.54, 1.807) is 0 Å². The average Bonchev–Trinajstić information content (AvgIpc) is 1.88. The van der Waals surface area contributed by atoms with Gasteiger partial charge in [0.2, 0.25) is 3.79 Å². The molecule has 0 amide bonds. The number of hydrogen-bond donors (Lipinski definition) is 0. The van der Waals surface area contributed by atoms with Crippen molar-refractivity contribution >= 4 is 40.5 Å². The van der Waals surface area contributed by atoms with Gasteiger partial charge in [0.05, 0.1) is 5.71 Å². The van der Waals surface area contributed by atoms with Gasteiger partial charge in [-0.3, -0.25) is 4.99 Å². The SMILES string of the molecule is ClC(Cl)(Cl)C1=NCCCC1. The molecule has 0 aromatic rings. The van der Waals surface area contributed by atoms with E-state index in [2.05, 4.69) is 4.99 Å². The van der Waals surface area contributed by atoms with Crippen molar-refractivity contribution in [1.29, 1.82) is 0 Å². The minimum Gasteiger partial charge on any atom is -0.290 e. The molecule has 0 saturated heterocycles. The van der Waals surface area contributed by atoms with Crippen LogP contribution in [-0.4, -0.2) is 16.0 Å². The van der Waals surface area contributed by atoms with Crippen LogP contribution in [0, 0.1) is 0 Å². The van der Waals surface area contributed by atoms with Crippen molar-refractivity contribution in [3.8, 4) is 0 Å². The van der Waals surface area contributed by atoms with E-state index in [1.807, 2.05) is 0 Å².